The predicted octanol–water partition coefficient (Wildman–Crippen LogP) is 6.64. The van der Waals surface area contributed by atoms with Gasteiger partial charge in [0, 0.05) is 44.6 Å². The molecule has 1 aromatic heterocycles. The molecule has 0 aliphatic carbocycles. The van der Waals surface area contributed by atoms with Crippen LogP contribution in [0.1, 0.15) is 41.3 Å². The van der Waals surface area contributed by atoms with Gasteiger partial charge in [0.2, 0.25) is 5.69 Å². The molecule has 0 saturated carbocycles. The first-order valence-electron chi connectivity index (χ1n) is 18.9. The molecule has 3 saturated heterocycles. The fourth-order valence-electron chi connectivity index (χ4n) is 7.38. The average molecular weight is 837 g/mol. The molecule has 3 aromatic carbocycles. The summed E-state index contributed by atoms with van der Waals surface area (Å²) in [6, 6.07) is 25.6. The van der Waals surface area contributed by atoms with Crippen LogP contribution in [0.15, 0.2) is 94.8 Å². The summed E-state index contributed by atoms with van der Waals surface area (Å²) in [6.07, 6.45) is 0.189. The largest absolute Gasteiger partial charge is 0.497 e. The van der Waals surface area contributed by atoms with Gasteiger partial charge in [-0.05, 0) is 66.1 Å². The number of rotatable bonds is 16. The van der Waals surface area contributed by atoms with Gasteiger partial charge in [-0.3, -0.25) is 4.57 Å². The van der Waals surface area contributed by atoms with Crippen LogP contribution in [0.2, 0.25) is 0 Å². The number of likely N-dealkylation sites (tertiary alicyclic amines) is 1. The lowest BCUT2D eigenvalue weighted by Gasteiger charge is -2.37. The molecule has 4 aromatic rings. The highest BCUT2D eigenvalue weighted by molar-refractivity contribution is 8.68. The number of methoxy groups -OCH3 is 3. The Morgan fingerprint density at radius 1 is 0.947 bits per heavy atom. The Labute approximate surface area is 342 Å². The molecule has 3 aliphatic heterocycles. The van der Waals surface area contributed by atoms with Crippen LogP contribution in [-0.2, 0) is 45.4 Å². The van der Waals surface area contributed by atoms with E-state index in [0.29, 0.717) is 41.8 Å². The van der Waals surface area contributed by atoms with Crippen molar-refractivity contribution in [1.82, 2.24) is 14.5 Å². The van der Waals surface area contributed by atoms with Gasteiger partial charge < -0.3 is 42.4 Å². The molecule has 0 unspecified atom stereocenters. The standard InChI is InChI=1S/C41H49N4O9PS2/c1-28-26-45(40(46)43-38(28)42-35-12-9-21-44(35)2)39-37(50-23-22-47-3)36(54-55(56)52-24-25-57-55)34(53-39)27-51-41(29-10-7-6-8-11-29,30-13-17-32(48-4)18-14-30)31-15-19-33(49-5)20-16-31/h6-8,10-11,13-20,26,34,36-37,39H,9,12,21-25,27H2,1-5H3/b42-35+/t34-,36-,37-,39-,55+/m1/s1. The maximum atomic E-state index is 14.0. The minimum atomic E-state index is -2.81. The topological polar surface area (TPSA) is 124 Å². The van der Waals surface area contributed by atoms with Crippen LogP contribution >= 0.6 is 17.1 Å². The zero-order valence-electron chi connectivity index (χ0n) is 32.8. The summed E-state index contributed by atoms with van der Waals surface area (Å²) in [5, 5.41) is 0. The normalized spacial score (nSPS) is 24.4. The lowest BCUT2D eigenvalue weighted by molar-refractivity contribution is -0.0989. The second-order valence-corrected chi connectivity index (χ2v) is 20.3. The Balaban J connectivity index is 1.32. The van der Waals surface area contributed by atoms with Gasteiger partial charge in [-0.15, -0.1) is 0 Å². The van der Waals surface area contributed by atoms with Crippen molar-refractivity contribution in [3.8, 4) is 11.5 Å². The fraction of sp³-hybridized carbons (Fsp3) is 0.439. The molecule has 3 aliphatic rings. The van der Waals surface area contributed by atoms with E-state index in [2.05, 4.69) is 9.88 Å². The third-order valence-corrected chi connectivity index (χ3v) is 15.6. The van der Waals surface area contributed by atoms with Gasteiger partial charge in [-0.2, -0.15) is 4.98 Å². The molecule has 3 fully saturated rings. The molecule has 5 atom stereocenters. The molecule has 0 radical (unpaired) electrons. The predicted molar refractivity (Wildman–Crippen MR) is 224 cm³/mol. The first kappa shape index (κ1) is 41.5. The maximum absolute atomic E-state index is 14.0. The van der Waals surface area contributed by atoms with Gasteiger partial charge >= 0.3 is 5.69 Å². The van der Waals surface area contributed by atoms with Gasteiger partial charge in [0.1, 0.15) is 41.2 Å². The van der Waals surface area contributed by atoms with Gasteiger partial charge in [0.15, 0.2) is 12.0 Å². The van der Waals surface area contributed by atoms with Gasteiger partial charge in [0.05, 0.1) is 40.6 Å². The van der Waals surface area contributed by atoms with E-state index in [9.17, 15) is 4.79 Å². The first-order valence-corrected chi connectivity index (χ1v) is 23.1. The van der Waals surface area contributed by atoms with Crippen molar-refractivity contribution in [2.45, 2.75) is 49.9 Å². The number of ether oxygens (including phenoxy) is 6. The molecule has 4 heterocycles. The molecule has 304 valence electrons. The summed E-state index contributed by atoms with van der Waals surface area (Å²) in [7, 11) is 6.87. The Morgan fingerprint density at radius 3 is 2.19 bits per heavy atom. The Bertz CT molecular complexity index is 2050. The number of amidine groups is 1. The van der Waals surface area contributed by atoms with Crippen LogP contribution in [0.4, 0.5) is 5.82 Å². The smallest absolute Gasteiger partial charge is 0.351 e. The molecule has 16 heteroatoms. The second-order valence-electron chi connectivity index (χ2n) is 13.9. The Hall–Kier alpha value is -3.63. The van der Waals surface area contributed by atoms with Crippen molar-refractivity contribution < 1.29 is 37.5 Å². The molecule has 0 bridgehead atoms. The molecule has 0 spiro atoms. The average Bonchev–Trinajstić information content (AvgIpc) is 3.95. The van der Waals surface area contributed by atoms with E-state index in [1.54, 1.807) is 27.5 Å². The zero-order valence-corrected chi connectivity index (χ0v) is 35.3. The Morgan fingerprint density at radius 2 is 1.61 bits per heavy atom. The van der Waals surface area contributed by atoms with Crippen LogP contribution in [0.5, 0.6) is 11.5 Å². The number of aromatic nitrogens is 2. The molecule has 13 nitrogen and oxygen atoms in total. The number of hydrogen-bond acceptors (Lipinski definition) is 13. The molecular weight excluding hydrogens is 788 g/mol. The molecule has 0 amide bonds. The van der Waals surface area contributed by atoms with Crippen LogP contribution in [-0.4, -0.2) is 106 Å². The summed E-state index contributed by atoms with van der Waals surface area (Å²) in [4.78, 5) is 25.3. The second kappa shape index (κ2) is 18.5. The zero-order chi connectivity index (χ0) is 40.0. The quantitative estimate of drug-likeness (QED) is 0.0682. The Kier molecular flexibility index (Phi) is 13.5. The van der Waals surface area contributed by atoms with Crippen molar-refractivity contribution in [2.75, 3.05) is 67.1 Å². The SMILES string of the molecule is COCCO[C@@H]1[C@H](O[P@]2(=S)OCCS2)[C@@H](COC(c2ccccc2)(c2ccc(OC)cc2)c2ccc(OC)cc2)O[C@H]1n1cc(C)c(/N=C2\CCCN2C)nc1=O. The fourth-order valence-corrected chi connectivity index (χ4v) is 12.0. The summed E-state index contributed by atoms with van der Waals surface area (Å²) in [5.74, 6) is 3.39. The minimum absolute atomic E-state index is 0.00249. The number of hydrogen-bond donors (Lipinski definition) is 0. The van der Waals surface area contributed by atoms with E-state index in [1.807, 2.05) is 92.8 Å². The third-order valence-electron chi connectivity index (χ3n) is 10.3. The van der Waals surface area contributed by atoms with E-state index in [-0.39, 0.29) is 13.2 Å². The van der Waals surface area contributed by atoms with Crippen molar-refractivity contribution in [2.24, 2.45) is 4.99 Å². The highest BCUT2D eigenvalue weighted by atomic mass is 32.9. The van der Waals surface area contributed by atoms with Crippen LogP contribution in [0.3, 0.4) is 0 Å². The number of nitrogens with zero attached hydrogens (tertiary/aromatic N) is 4. The third kappa shape index (κ3) is 9.02. The highest BCUT2D eigenvalue weighted by Crippen LogP contribution is 2.66. The van der Waals surface area contributed by atoms with Crippen LogP contribution < -0.4 is 15.2 Å². The summed E-state index contributed by atoms with van der Waals surface area (Å²) in [6.45, 7) is 3.77. The van der Waals surface area contributed by atoms with E-state index >= 15 is 0 Å². The van der Waals surface area contributed by atoms with E-state index in [4.69, 9.17) is 54.3 Å². The lowest BCUT2D eigenvalue weighted by Crippen LogP contribution is -2.42. The van der Waals surface area contributed by atoms with E-state index in [1.165, 1.54) is 15.9 Å². The van der Waals surface area contributed by atoms with Gasteiger partial charge in [0.25, 0.3) is 0 Å². The molecule has 57 heavy (non-hydrogen) atoms. The van der Waals surface area contributed by atoms with Crippen molar-refractivity contribution >= 4 is 40.5 Å². The van der Waals surface area contributed by atoms with E-state index < -0.39 is 41.5 Å². The summed E-state index contributed by atoms with van der Waals surface area (Å²) in [5.41, 5.74) is -1.21. The van der Waals surface area contributed by atoms with Crippen molar-refractivity contribution in [3.05, 3.63) is 118 Å². The summed E-state index contributed by atoms with van der Waals surface area (Å²) >= 11 is 7.49. The van der Waals surface area contributed by atoms with Crippen molar-refractivity contribution in [1.29, 1.82) is 0 Å². The molecule has 7 rings (SSSR count). The number of benzene rings is 3. The lowest BCUT2D eigenvalue weighted by atomic mass is 9.80. The molecule has 0 N–H and O–H groups in total. The number of aryl methyl sites for hydroxylation is 1. The van der Waals surface area contributed by atoms with Crippen LogP contribution in [0, 0.1) is 6.92 Å². The van der Waals surface area contributed by atoms with E-state index in [0.717, 1.165) is 41.9 Å². The van der Waals surface area contributed by atoms with Crippen molar-refractivity contribution in [3.63, 3.8) is 0 Å². The summed E-state index contributed by atoms with van der Waals surface area (Å²) < 4.78 is 51.5. The van der Waals surface area contributed by atoms with Gasteiger partial charge in [-0.1, -0.05) is 66.0 Å². The van der Waals surface area contributed by atoms with Gasteiger partial charge in [-0.25, -0.2) is 9.79 Å². The monoisotopic (exact) mass is 836 g/mol. The number of aliphatic imine (C=N–C) groups is 1. The van der Waals surface area contributed by atoms with Crippen LogP contribution in [0.25, 0.3) is 0 Å². The minimum Gasteiger partial charge on any atom is -0.497 e. The molecular formula is C41H49N4O9PS2. The highest BCUT2D eigenvalue weighted by Gasteiger charge is 2.52. The maximum Gasteiger partial charge on any atom is 0.351 e. The first-order chi connectivity index (χ1) is 27.7.